The quantitative estimate of drug-likeness (QED) is 0.748. The second-order valence-electron chi connectivity index (χ2n) is 6.31. The molecule has 27 heavy (non-hydrogen) atoms. The van der Waals surface area contributed by atoms with E-state index in [4.69, 9.17) is 9.47 Å². The summed E-state index contributed by atoms with van der Waals surface area (Å²) in [6.45, 7) is 3.14. The van der Waals surface area contributed by atoms with Crippen LogP contribution in [-0.4, -0.2) is 28.9 Å². The van der Waals surface area contributed by atoms with Crippen molar-refractivity contribution in [1.29, 1.82) is 0 Å². The molecule has 0 saturated carbocycles. The Labute approximate surface area is 157 Å². The normalized spacial score (nSPS) is 12.6. The Balaban J connectivity index is 1.61. The fourth-order valence-corrected chi connectivity index (χ4v) is 3.15. The molecule has 0 saturated heterocycles. The van der Waals surface area contributed by atoms with E-state index in [9.17, 15) is 4.79 Å². The summed E-state index contributed by atoms with van der Waals surface area (Å²) in [5, 5.41) is 7.39. The molecule has 1 aliphatic rings. The number of nitrogens with one attached hydrogen (secondary N) is 1. The molecule has 0 bridgehead atoms. The third-order valence-electron chi connectivity index (χ3n) is 4.40. The van der Waals surface area contributed by atoms with Crippen LogP contribution < -0.4 is 14.8 Å². The number of rotatable bonds is 5. The van der Waals surface area contributed by atoms with E-state index in [0.717, 1.165) is 24.2 Å². The van der Waals surface area contributed by atoms with Gasteiger partial charge >= 0.3 is 0 Å². The van der Waals surface area contributed by atoms with Gasteiger partial charge in [-0.05, 0) is 30.7 Å². The fourth-order valence-electron chi connectivity index (χ4n) is 3.15. The number of nitrogens with zero attached hydrogens (tertiary/aromatic N) is 2. The molecule has 4 rings (SSSR count). The molecule has 0 unspecified atom stereocenters. The van der Waals surface area contributed by atoms with Crippen molar-refractivity contribution in [2.45, 2.75) is 19.8 Å². The molecule has 1 amide bonds. The number of fused-ring (bicyclic) bond motifs is 1. The Morgan fingerprint density at radius 2 is 1.89 bits per heavy atom. The summed E-state index contributed by atoms with van der Waals surface area (Å²) in [5.41, 5.74) is 3.09. The first-order valence-corrected chi connectivity index (χ1v) is 9.09. The third kappa shape index (κ3) is 3.51. The molecule has 0 atom stereocenters. The van der Waals surface area contributed by atoms with Crippen LogP contribution in [0.3, 0.4) is 0 Å². The number of amides is 1. The highest BCUT2D eigenvalue weighted by atomic mass is 16.6. The molecule has 3 aromatic rings. The molecule has 2 aromatic carbocycles. The van der Waals surface area contributed by atoms with Crippen LogP contribution in [0.4, 0.5) is 5.69 Å². The second-order valence-corrected chi connectivity index (χ2v) is 6.31. The molecule has 0 aliphatic carbocycles. The van der Waals surface area contributed by atoms with Gasteiger partial charge in [0.05, 0.1) is 23.1 Å². The minimum atomic E-state index is -0.183. The first-order chi connectivity index (χ1) is 13.3. The molecule has 1 N–H and O–H groups in total. The number of hydrogen-bond acceptors (Lipinski definition) is 4. The molecule has 6 heteroatoms. The minimum Gasteiger partial charge on any atom is -0.486 e. The average molecular weight is 363 g/mol. The summed E-state index contributed by atoms with van der Waals surface area (Å²) >= 11 is 0. The lowest BCUT2D eigenvalue weighted by Crippen LogP contribution is -2.17. The van der Waals surface area contributed by atoms with Crippen molar-refractivity contribution < 1.29 is 14.3 Å². The van der Waals surface area contributed by atoms with Gasteiger partial charge in [0.1, 0.15) is 13.2 Å². The van der Waals surface area contributed by atoms with E-state index in [-0.39, 0.29) is 5.91 Å². The summed E-state index contributed by atoms with van der Waals surface area (Å²) in [5.74, 6) is 1.16. The van der Waals surface area contributed by atoms with Crippen LogP contribution in [-0.2, 0) is 6.42 Å². The van der Waals surface area contributed by atoms with Gasteiger partial charge in [-0.2, -0.15) is 5.10 Å². The van der Waals surface area contributed by atoms with Crippen LogP contribution in [0.5, 0.6) is 11.5 Å². The molecular formula is C21H21N3O3. The van der Waals surface area contributed by atoms with Gasteiger partial charge in [-0.15, -0.1) is 0 Å². The Bertz CT molecular complexity index is 951. The van der Waals surface area contributed by atoms with Gasteiger partial charge in [0.25, 0.3) is 5.91 Å². The van der Waals surface area contributed by atoms with E-state index in [0.29, 0.717) is 36.0 Å². The van der Waals surface area contributed by atoms with Crippen LogP contribution in [0, 0.1) is 0 Å². The molecule has 0 radical (unpaired) electrons. The number of aromatic nitrogens is 2. The van der Waals surface area contributed by atoms with E-state index in [1.54, 1.807) is 12.3 Å². The number of carbonyl (C=O) groups excluding carboxylic acids is 1. The highest BCUT2D eigenvalue weighted by Crippen LogP contribution is 2.32. The number of benzene rings is 2. The monoisotopic (exact) mass is 363 g/mol. The molecule has 1 aromatic heterocycles. The number of para-hydroxylation sites is 1. The summed E-state index contributed by atoms with van der Waals surface area (Å²) < 4.78 is 12.9. The highest BCUT2D eigenvalue weighted by Gasteiger charge is 2.19. The predicted octanol–water partition coefficient (Wildman–Crippen LogP) is 3.85. The predicted molar refractivity (Wildman–Crippen MR) is 103 cm³/mol. The minimum absolute atomic E-state index is 0.183. The standard InChI is InChI=1S/C21H21N3O3/c1-2-6-18-17(14-22-24(18)16-7-4-3-5-8-16)21(25)23-15-9-10-19-20(13-15)27-12-11-26-19/h3-5,7-10,13-14H,2,6,11-12H2,1H3,(H,23,25). The molecule has 6 nitrogen and oxygen atoms in total. The van der Waals surface area contributed by atoms with Crippen LogP contribution in [0.1, 0.15) is 29.4 Å². The van der Waals surface area contributed by atoms with Crippen LogP contribution in [0.25, 0.3) is 5.69 Å². The van der Waals surface area contributed by atoms with E-state index < -0.39 is 0 Å². The number of hydrogen-bond donors (Lipinski definition) is 1. The van der Waals surface area contributed by atoms with Crippen molar-refractivity contribution in [1.82, 2.24) is 9.78 Å². The smallest absolute Gasteiger partial charge is 0.259 e. The maximum Gasteiger partial charge on any atom is 0.259 e. The van der Waals surface area contributed by atoms with Gasteiger partial charge in [-0.3, -0.25) is 4.79 Å². The van der Waals surface area contributed by atoms with Crippen molar-refractivity contribution in [3.8, 4) is 17.2 Å². The van der Waals surface area contributed by atoms with Gasteiger partial charge in [0.15, 0.2) is 11.5 Å². The first kappa shape index (κ1) is 17.1. The summed E-state index contributed by atoms with van der Waals surface area (Å²) in [6.07, 6.45) is 3.31. The molecule has 138 valence electrons. The first-order valence-electron chi connectivity index (χ1n) is 9.09. The van der Waals surface area contributed by atoms with Crippen molar-refractivity contribution >= 4 is 11.6 Å². The average Bonchev–Trinajstić information content (AvgIpc) is 3.13. The van der Waals surface area contributed by atoms with Gasteiger partial charge in [-0.25, -0.2) is 4.68 Å². The lowest BCUT2D eigenvalue weighted by molar-refractivity contribution is 0.102. The van der Waals surface area contributed by atoms with E-state index >= 15 is 0 Å². The molecule has 2 heterocycles. The van der Waals surface area contributed by atoms with Gasteiger partial charge in [0.2, 0.25) is 0 Å². The number of anilines is 1. The molecule has 0 fully saturated rings. The third-order valence-corrected chi connectivity index (χ3v) is 4.40. The van der Waals surface area contributed by atoms with Crippen molar-refractivity contribution in [2.24, 2.45) is 0 Å². The summed E-state index contributed by atoms with van der Waals surface area (Å²) in [4.78, 5) is 12.9. The van der Waals surface area contributed by atoms with Crippen molar-refractivity contribution in [3.05, 3.63) is 66.0 Å². The van der Waals surface area contributed by atoms with E-state index in [1.165, 1.54) is 0 Å². The second kappa shape index (κ2) is 7.53. The SMILES string of the molecule is CCCc1c(C(=O)Nc2ccc3c(c2)OCCO3)cnn1-c1ccccc1. The van der Waals surface area contributed by atoms with Crippen LogP contribution in [0.15, 0.2) is 54.7 Å². The lowest BCUT2D eigenvalue weighted by atomic mass is 10.1. The van der Waals surface area contributed by atoms with Crippen molar-refractivity contribution in [3.63, 3.8) is 0 Å². The van der Waals surface area contributed by atoms with E-state index in [2.05, 4.69) is 17.3 Å². The number of ether oxygens (including phenoxy) is 2. The van der Waals surface area contributed by atoms with E-state index in [1.807, 2.05) is 47.1 Å². The molecule has 1 aliphatic heterocycles. The number of carbonyl (C=O) groups is 1. The van der Waals surface area contributed by atoms with Crippen molar-refractivity contribution in [2.75, 3.05) is 18.5 Å². The van der Waals surface area contributed by atoms with Crippen LogP contribution in [0.2, 0.25) is 0 Å². The maximum atomic E-state index is 12.9. The summed E-state index contributed by atoms with van der Waals surface area (Å²) in [7, 11) is 0. The zero-order valence-electron chi connectivity index (χ0n) is 15.1. The lowest BCUT2D eigenvalue weighted by Gasteiger charge is -2.19. The van der Waals surface area contributed by atoms with Gasteiger partial charge in [-0.1, -0.05) is 31.5 Å². The topological polar surface area (TPSA) is 65.4 Å². The van der Waals surface area contributed by atoms with Crippen LogP contribution >= 0.6 is 0 Å². The molecular weight excluding hydrogens is 342 g/mol. The van der Waals surface area contributed by atoms with Gasteiger partial charge in [0, 0.05) is 11.8 Å². The Kier molecular flexibility index (Phi) is 4.78. The Morgan fingerprint density at radius 3 is 2.67 bits per heavy atom. The fraction of sp³-hybridized carbons (Fsp3) is 0.238. The largest absolute Gasteiger partial charge is 0.486 e. The highest BCUT2D eigenvalue weighted by molar-refractivity contribution is 6.05. The zero-order valence-corrected chi connectivity index (χ0v) is 15.1. The zero-order chi connectivity index (χ0) is 18.6. The Hall–Kier alpha value is -3.28. The summed E-state index contributed by atoms with van der Waals surface area (Å²) in [6, 6.07) is 15.2. The Morgan fingerprint density at radius 1 is 1.11 bits per heavy atom. The molecule has 0 spiro atoms. The van der Waals surface area contributed by atoms with Gasteiger partial charge < -0.3 is 14.8 Å². The maximum absolute atomic E-state index is 12.9.